The molecule has 3 rings (SSSR count). The lowest BCUT2D eigenvalue weighted by molar-refractivity contribution is 1.30. The lowest BCUT2D eigenvalue weighted by atomic mass is 9.99. The fourth-order valence-electron chi connectivity index (χ4n) is 2.30. The zero-order chi connectivity index (χ0) is 14.8. The van der Waals surface area contributed by atoms with Gasteiger partial charge < -0.3 is 5.73 Å². The Morgan fingerprint density at radius 1 is 1.10 bits per heavy atom. The van der Waals surface area contributed by atoms with Crippen molar-refractivity contribution in [3.63, 3.8) is 0 Å². The van der Waals surface area contributed by atoms with Gasteiger partial charge in [0, 0.05) is 17.3 Å². The molecule has 3 aromatic rings. The number of fused-ring (bicyclic) bond motifs is 1. The van der Waals surface area contributed by atoms with Crippen LogP contribution in [0.15, 0.2) is 61.3 Å². The van der Waals surface area contributed by atoms with Gasteiger partial charge in [-0.15, -0.1) is 0 Å². The minimum Gasteiger partial charge on any atom is -0.383 e. The fraction of sp³-hybridized carbons (Fsp3) is 0. The number of nitrogens with one attached hydrogen (secondary N) is 1. The SMILES string of the molecule is C=Cc1cnc(N)c(C(=N)c2ccc3ccccc3c2)c1. The van der Waals surface area contributed by atoms with Gasteiger partial charge in [0.15, 0.2) is 0 Å². The van der Waals surface area contributed by atoms with E-state index in [1.165, 1.54) is 0 Å². The summed E-state index contributed by atoms with van der Waals surface area (Å²) in [5.41, 5.74) is 8.58. The van der Waals surface area contributed by atoms with E-state index in [0.717, 1.165) is 21.9 Å². The van der Waals surface area contributed by atoms with Crippen molar-refractivity contribution < 1.29 is 0 Å². The molecule has 0 radical (unpaired) electrons. The summed E-state index contributed by atoms with van der Waals surface area (Å²) in [6.07, 6.45) is 3.35. The molecule has 0 spiro atoms. The number of pyridine rings is 1. The van der Waals surface area contributed by atoms with E-state index in [4.69, 9.17) is 11.1 Å². The van der Waals surface area contributed by atoms with Crippen LogP contribution in [0.4, 0.5) is 5.82 Å². The highest BCUT2D eigenvalue weighted by molar-refractivity contribution is 6.14. The number of hydrogen-bond donors (Lipinski definition) is 2. The van der Waals surface area contributed by atoms with Gasteiger partial charge in [0.2, 0.25) is 0 Å². The van der Waals surface area contributed by atoms with E-state index in [1.807, 2.05) is 42.5 Å². The minimum atomic E-state index is 0.360. The van der Waals surface area contributed by atoms with Crippen molar-refractivity contribution in [1.29, 1.82) is 5.41 Å². The Morgan fingerprint density at radius 3 is 2.62 bits per heavy atom. The third kappa shape index (κ3) is 2.41. The van der Waals surface area contributed by atoms with E-state index in [9.17, 15) is 0 Å². The molecule has 102 valence electrons. The predicted octanol–water partition coefficient (Wildman–Crippen LogP) is 3.88. The minimum absolute atomic E-state index is 0.360. The molecule has 1 aromatic heterocycles. The van der Waals surface area contributed by atoms with Gasteiger partial charge in [-0.3, -0.25) is 5.41 Å². The molecule has 0 saturated carbocycles. The van der Waals surface area contributed by atoms with Crippen LogP contribution in [0.5, 0.6) is 0 Å². The van der Waals surface area contributed by atoms with Crippen LogP contribution in [0.1, 0.15) is 16.7 Å². The van der Waals surface area contributed by atoms with Crippen LogP contribution < -0.4 is 5.73 Å². The molecule has 0 aliphatic heterocycles. The topological polar surface area (TPSA) is 62.8 Å². The van der Waals surface area contributed by atoms with Crippen molar-refractivity contribution in [3.05, 3.63) is 78.0 Å². The number of hydrogen-bond acceptors (Lipinski definition) is 3. The Labute approximate surface area is 123 Å². The third-order valence-corrected chi connectivity index (χ3v) is 3.48. The summed E-state index contributed by atoms with van der Waals surface area (Å²) in [6, 6.07) is 15.9. The fourth-order valence-corrected chi connectivity index (χ4v) is 2.30. The average Bonchev–Trinajstić information content (AvgIpc) is 2.54. The first-order valence-electron chi connectivity index (χ1n) is 6.65. The van der Waals surface area contributed by atoms with Crippen LogP contribution in [-0.4, -0.2) is 10.7 Å². The summed E-state index contributed by atoms with van der Waals surface area (Å²) in [5.74, 6) is 0.360. The third-order valence-electron chi connectivity index (χ3n) is 3.48. The van der Waals surface area contributed by atoms with E-state index in [0.29, 0.717) is 17.1 Å². The van der Waals surface area contributed by atoms with E-state index < -0.39 is 0 Å². The van der Waals surface area contributed by atoms with Crippen LogP contribution in [0, 0.1) is 5.41 Å². The molecule has 0 atom stereocenters. The lowest BCUT2D eigenvalue weighted by Crippen LogP contribution is -2.07. The maximum absolute atomic E-state index is 8.40. The lowest BCUT2D eigenvalue weighted by Gasteiger charge is -2.09. The van der Waals surface area contributed by atoms with Gasteiger partial charge in [0.05, 0.1) is 5.71 Å². The van der Waals surface area contributed by atoms with E-state index in [-0.39, 0.29) is 0 Å². The van der Waals surface area contributed by atoms with E-state index in [2.05, 4.69) is 17.6 Å². The van der Waals surface area contributed by atoms with Gasteiger partial charge in [0.1, 0.15) is 5.82 Å². The molecule has 0 saturated heterocycles. The first-order valence-corrected chi connectivity index (χ1v) is 6.65. The predicted molar refractivity (Wildman–Crippen MR) is 88.6 cm³/mol. The molecule has 2 aromatic carbocycles. The largest absolute Gasteiger partial charge is 0.383 e. The van der Waals surface area contributed by atoms with Gasteiger partial charge in [-0.2, -0.15) is 0 Å². The molecule has 1 heterocycles. The van der Waals surface area contributed by atoms with E-state index in [1.54, 1.807) is 12.3 Å². The van der Waals surface area contributed by atoms with Crippen molar-refractivity contribution in [2.24, 2.45) is 0 Å². The van der Waals surface area contributed by atoms with Crippen molar-refractivity contribution in [2.75, 3.05) is 5.73 Å². The molecule has 0 aliphatic rings. The molecular weight excluding hydrogens is 258 g/mol. The molecule has 0 bridgehead atoms. The summed E-state index contributed by atoms with van der Waals surface area (Å²) >= 11 is 0. The van der Waals surface area contributed by atoms with Crippen LogP contribution >= 0.6 is 0 Å². The van der Waals surface area contributed by atoms with Crippen LogP contribution in [-0.2, 0) is 0 Å². The summed E-state index contributed by atoms with van der Waals surface area (Å²) < 4.78 is 0. The molecule has 0 amide bonds. The highest BCUT2D eigenvalue weighted by atomic mass is 14.8. The normalized spacial score (nSPS) is 10.5. The smallest absolute Gasteiger partial charge is 0.132 e. The molecule has 21 heavy (non-hydrogen) atoms. The number of nitrogen functional groups attached to an aromatic ring is 1. The molecule has 3 nitrogen and oxygen atoms in total. The highest BCUT2D eigenvalue weighted by Crippen LogP contribution is 2.21. The zero-order valence-corrected chi connectivity index (χ0v) is 11.5. The number of nitrogens with zero attached hydrogens (tertiary/aromatic N) is 1. The summed E-state index contributed by atoms with van der Waals surface area (Å²) in [5, 5.41) is 10.7. The highest BCUT2D eigenvalue weighted by Gasteiger charge is 2.10. The van der Waals surface area contributed by atoms with E-state index >= 15 is 0 Å². The Morgan fingerprint density at radius 2 is 1.86 bits per heavy atom. The van der Waals surface area contributed by atoms with Crippen molar-refractivity contribution >= 4 is 28.4 Å². The second kappa shape index (κ2) is 5.21. The first-order chi connectivity index (χ1) is 10.2. The Kier molecular flexibility index (Phi) is 3.24. The monoisotopic (exact) mass is 273 g/mol. The van der Waals surface area contributed by atoms with Crippen molar-refractivity contribution in [3.8, 4) is 0 Å². The van der Waals surface area contributed by atoms with Gasteiger partial charge in [-0.25, -0.2) is 4.98 Å². The second-order valence-electron chi connectivity index (χ2n) is 4.84. The molecule has 3 heteroatoms. The number of nitrogens with two attached hydrogens (primary N) is 1. The molecule has 3 N–H and O–H groups in total. The number of rotatable bonds is 3. The maximum atomic E-state index is 8.40. The first kappa shape index (κ1) is 13.1. The molecular formula is C18H15N3. The summed E-state index contributed by atoms with van der Waals surface area (Å²) in [4.78, 5) is 4.12. The Balaban J connectivity index is 2.09. The van der Waals surface area contributed by atoms with Gasteiger partial charge in [0.25, 0.3) is 0 Å². The Bertz CT molecular complexity index is 850. The van der Waals surface area contributed by atoms with Crippen LogP contribution in [0.2, 0.25) is 0 Å². The van der Waals surface area contributed by atoms with Gasteiger partial charge >= 0.3 is 0 Å². The van der Waals surface area contributed by atoms with Gasteiger partial charge in [-0.05, 0) is 28.5 Å². The van der Waals surface area contributed by atoms with Crippen molar-refractivity contribution in [1.82, 2.24) is 4.98 Å². The number of aromatic nitrogens is 1. The molecule has 0 fully saturated rings. The molecule has 0 aliphatic carbocycles. The van der Waals surface area contributed by atoms with Crippen LogP contribution in [0.25, 0.3) is 16.8 Å². The van der Waals surface area contributed by atoms with Crippen LogP contribution in [0.3, 0.4) is 0 Å². The maximum Gasteiger partial charge on any atom is 0.132 e. The standard InChI is InChI=1S/C18H15N3/c1-2-12-9-16(18(20)21-11-12)17(19)15-8-7-13-5-3-4-6-14(13)10-15/h2-11,19H,1H2,(H2,20,21). The molecule has 0 unspecified atom stereocenters. The summed E-state index contributed by atoms with van der Waals surface area (Å²) in [7, 11) is 0. The zero-order valence-electron chi connectivity index (χ0n) is 11.5. The van der Waals surface area contributed by atoms with Crippen molar-refractivity contribution in [2.45, 2.75) is 0 Å². The average molecular weight is 273 g/mol. The number of anilines is 1. The number of benzene rings is 2. The summed E-state index contributed by atoms with van der Waals surface area (Å²) in [6.45, 7) is 3.72. The second-order valence-corrected chi connectivity index (χ2v) is 4.84. The Hall–Kier alpha value is -2.94. The van der Waals surface area contributed by atoms with Gasteiger partial charge in [-0.1, -0.05) is 49.1 Å². The quantitative estimate of drug-likeness (QED) is 0.711.